The maximum Gasteiger partial charge on any atom is 0.236 e. The van der Waals surface area contributed by atoms with E-state index in [1.807, 2.05) is 4.90 Å². The Balaban J connectivity index is 0.00000261. The second-order valence-corrected chi connectivity index (χ2v) is 7.59. The summed E-state index contributed by atoms with van der Waals surface area (Å²) in [5.41, 5.74) is 0. The molecular weight excluding hydrogens is 457 g/mol. The van der Waals surface area contributed by atoms with Crippen molar-refractivity contribution in [3.63, 3.8) is 0 Å². The van der Waals surface area contributed by atoms with Gasteiger partial charge in [-0.05, 0) is 25.7 Å². The van der Waals surface area contributed by atoms with Crippen LogP contribution < -0.4 is 5.32 Å². The molecule has 2 saturated heterocycles. The van der Waals surface area contributed by atoms with Crippen LogP contribution in [-0.4, -0.2) is 98.2 Å². The molecule has 1 N–H and O–H groups in total. The number of amides is 1. The zero-order valence-corrected chi connectivity index (χ0v) is 19.2. The third-order valence-corrected chi connectivity index (χ3v) is 5.60. The smallest absolute Gasteiger partial charge is 0.236 e. The summed E-state index contributed by atoms with van der Waals surface area (Å²) in [5, 5.41) is 3.67. The fourth-order valence-electron chi connectivity index (χ4n) is 3.89. The minimum atomic E-state index is 0. The summed E-state index contributed by atoms with van der Waals surface area (Å²) in [6.45, 7) is 12.2. The number of carbonyl (C=O) groups excluding carboxylic acids is 1. The average molecular weight is 493 g/mol. The molecule has 2 aliphatic heterocycles. The lowest BCUT2D eigenvalue weighted by atomic mass is 10.2. The van der Waals surface area contributed by atoms with E-state index in [9.17, 15) is 4.79 Å². The molecule has 0 aromatic rings. The summed E-state index contributed by atoms with van der Waals surface area (Å²) in [5.74, 6) is 2.13. The van der Waals surface area contributed by atoms with Gasteiger partial charge in [-0.2, -0.15) is 0 Å². The van der Waals surface area contributed by atoms with E-state index < -0.39 is 0 Å². The van der Waals surface area contributed by atoms with Crippen molar-refractivity contribution in [2.45, 2.75) is 39.2 Å². The van der Waals surface area contributed by atoms with Crippen molar-refractivity contribution in [3.8, 4) is 0 Å². The number of nitrogens with one attached hydrogen (secondary N) is 1. The van der Waals surface area contributed by atoms with E-state index in [1.54, 1.807) is 0 Å². The largest absolute Gasteiger partial charge is 0.378 e. The summed E-state index contributed by atoms with van der Waals surface area (Å²) in [6, 6.07) is 0.612. The van der Waals surface area contributed by atoms with Crippen molar-refractivity contribution < 1.29 is 9.53 Å². The van der Waals surface area contributed by atoms with Crippen LogP contribution in [0.2, 0.25) is 0 Å². The Morgan fingerprint density at radius 2 is 1.78 bits per heavy atom. The van der Waals surface area contributed by atoms with Gasteiger partial charge in [-0.3, -0.25) is 14.7 Å². The first-order valence-corrected chi connectivity index (χ1v) is 10.3. The Labute approximate surface area is 180 Å². The summed E-state index contributed by atoms with van der Waals surface area (Å²) in [6.07, 6.45) is 3.86. The second kappa shape index (κ2) is 11.4. The van der Waals surface area contributed by atoms with E-state index in [1.165, 1.54) is 19.3 Å². The van der Waals surface area contributed by atoms with Crippen LogP contribution >= 0.6 is 24.0 Å². The zero-order valence-electron chi connectivity index (χ0n) is 16.9. The molecule has 8 heteroatoms. The highest BCUT2D eigenvalue weighted by atomic mass is 127. The number of halogens is 1. The van der Waals surface area contributed by atoms with Gasteiger partial charge in [-0.1, -0.05) is 13.3 Å². The van der Waals surface area contributed by atoms with Crippen LogP contribution in [0.25, 0.3) is 0 Å². The van der Waals surface area contributed by atoms with Crippen molar-refractivity contribution in [2.75, 3.05) is 65.6 Å². The molecule has 1 saturated carbocycles. The third kappa shape index (κ3) is 6.74. The van der Waals surface area contributed by atoms with E-state index in [0.717, 1.165) is 57.7 Å². The summed E-state index contributed by atoms with van der Waals surface area (Å²) in [4.78, 5) is 23.7. The van der Waals surface area contributed by atoms with Crippen LogP contribution in [0.4, 0.5) is 0 Å². The van der Waals surface area contributed by atoms with Gasteiger partial charge >= 0.3 is 0 Å². The molecule has 7 nitrogen and oxygen atoms in total. The first kappa shape index (κ1) is 22.7. The van der Waals surface area contributed by atoms with Crippen LogP contribution in [0.3, 0.4) is 0 Å². The molecule has 1 amide bonds. The van der Waals surface area contributed by atoms with Gasteiger partial charge in [0.05, 0.1) is 19.8 Å². The number of guanidine groups is 1. The Bertz CT molecular complexity index is 490. The lowest BCUT2D eigenvalue weighted by molar-refractivity contribution is -0.136. The highest BCUT2D eigenvalue weighted by molar-refractivity contribution is 14.0. The molecule has 0 aromatic carbocycles. The van der Waals surface area contributed by atoms with Crippen LogP contribution in [0.15, 0.2) is 4.99 Å². The standard InChI is InChI=1S/C19H35N5O2.HI/c1-3-5-16-14-17(16)21-19(20-4-2)24-8-6-22(7-9-24)15-18(25)23-10-12-26-13-11-23;/h16-17H,3-15H2,1-2H3,(H,20,21);1H. The highest BCUT2D eigenvalue weighted by Crippen LogP contribution is 2.34. The minimum Gasteiger partial charge on any atom is -0.378 e. The Morgan fingerprint density at radius 1 is 1.07 bits per heavy atom. The maximum atomic E-state index is 12.4. The van der Waals surface area contributed by atoms with Crippen molar-refractivity contribution in [3.05, 3.63) is 0 Å². The molecule has 3 fully saturated rings. The first-order chi connectivity index (χ1) is 12.7. The van der Waals surface area contributed by atoms with Gasteiger partial charge in [-0.25, -0.2) is 0 Å². The van der Waals surface area contributed by atoms with Gasteiger partial charge in [0.1, 0.15) is 0 Å². The topological polar surface area (TPSA) is 60.4 Å². The quantitative estimate of drug-likeness (QED) is 0.343. The molecule has 2 atom stereocenters. The maximum absolute atomic E-state index is 12.4. The van der Waals surface area contributed by atoms with Gasteiger partial charge in [0.25, 0.3) is 0 Å². The Morgan fingerprint density at radius 3 is 2.41 bits per heavy atom. The first-order valence-electron chi connectivity index (χ1n) is 10.3. The van der Waals surface area contributed by atoms with Crippen LogP contribution in [0.1, 0.15) is 33.1 Å². The summed E-state index contributed by atoms with van der Waals surface area (Å²) < 4.78 is 5.33. The lowest BCUT2D eigenvalue weighted by Gasteiger charge is -2.37. The molecule has 156 valence electrons. The molecule has 2 heterocycles. The number of piperazine rings is 1. The average Bonchev–Trinajstić information content (AvgIpc) is 3.40. The molecule has 3 aliphatic rings. The SMILES string of the molecule is CCCC1CC1NC(=NCC)N1CCN(CC(=O)N2CCOCC2)CC1.I. The predicted molar refractivity (Wildman–Crippen MR) is 119 cm³/mol. The van der Waals surface area contributed by atoms with Crippen LogP contribution in [0, 0.1) is 5.92 Å². The Hall–Kier alpha value is -0.610. The van der Waals surface area contributed by atoms with Gasteiger partial charge < -0.3 is 19.9 Å². The molecule has 0 bridgehead atoms. The van der Waals surface area contributed by atoms with Gasteiger partial charge in [0.2, 0.25) is 5.91 Å². The molecule has 0 radical (unpaired) electrons. The zero-order chi connectivity index (χ0) is 18.4. The molecule has 0 aromatic heterocycles. The van der Waals surface area contributed by atoms with Crippen LogP contribution in [0.5, 0.6) is 0 Å². The number of ether oxygens (including phenoxy) is 1. The van der Waals surface area contributed by atoms with E-state index in [2.05, 4.69) is 29.0 Å². The summed E-state index contributed by atoms with van der Waals surface area (Å²) >= 11 is 0. The second-order valence-electron chi connectivity index (χ2n) is 7.59. The number of aliphatic imine (C=N–C) groups is 1. The predicted octanol–water partition coefficient (Wildman–Crippen LogP) is 1.23. The van der Waals surface area contributed by atoms with E-state index in [-0.39, 0.29) is 29.9 Å². The number of rotatable bonds is 6. The van der Waals surface area contributed by atoms with Crippen molar-refractivity contribution >= 4 is 35.8 Å². The summed E-state index contributed by atoms with van der Waals surface area (Å²) in [7, 11) is 0. The van der Waals surface area contributed by atoms with Crippen molar-refractivity contribution in [1.82, 2.24) is 20.0 Å². The number of nitrogens with zero attached hydrogens (tertiary/aromatic N) is 4. The number of hydrogen-bond acceptors (Lipinski definition) is 4. The molecule has 1 aliphatic carbocycles. The molecule has 27 heavy (non-hydrogen) atoms. The lowest BCUT2D eigenvalue weighted by Crippen LogP contribution is -2.55. The van der Waals surface area contributed by atoms with Crippen LogP contribution in [-0.2, 0) is 9.53 Å². The monoisotopic (exact) mass is 493 g/mol. The Kier molecular flexibility index (Phi) is 9.58. The number of morpholine rings is 1. The third-order valence-electron chi connectivity index (χ3n) is 5.60. The molecule has 3 rings (SSSR count). The number of carbonyl (C=O) groups is 1. The molecular formula is C19H36IN5O2. The fourth-order valence-corrected chi connectivity index (χ4v) is 3.89. The van der Waals surface area contributed by atoms with E-state index in [0.29, 0.717) is 25.8 Å². The highest BCUT2D eigenvalue weighted by Gasteiger charge is 2.37. The van der Waals surface area contributed by atoms with Gasteiger partial charge in [0, 0.05) is 51.9 Å². The van der Waals surface area contributed by atoms with Gasteiger partial charge in [0.15, 0.2) is 5.96 Å². The minimum absolute atomic E-state index is 0. The fraction of sp³-hybridized carbons (Fsp3) is 0.895. The van der Waals surface area contributed by atoms with Crippen molar-refractivity contribution in [2.24, 2.45) is 10.9 Å². The van der Waals surface area contributed by atoms with Crippen molar-refractivity contribution in [1.29, 1.82) is 0 Å². The normalized spacial score (nSPS) is 26.5. The van der Waals surface area contributed by atoms with Gasteiger partial charge in [-0.15, -0.1) is 24.0 Å². The van der Waals surface area contributed by atoms with E-state index >= 15 is 0 Å². The molecule has 2 unspecified atom stereocenters. The number of hydrogen-bond donors (Lipinski definition) is 1. The molecule has 0 spiro atoms. The van der Waals surface area contributed by atoms with E-state index in [4.69, 9.17) is 9.73 Å².